The molecule has 2 atom stereocenters. The van der Waals surface area contributed by atoms with E-state index in [0.29, 0.717) is 0 Å². The van der Waals surface area contributed by atoms with E-state index in [2.05, 4.69) is 36.9 Å². The van der Waals surface area contributed by atoms with Crippen LogP contribution < -0.4 is 0 Å². The van der Waals surface area contributed by atoms with E-state index in [9.17, 15) is 5.11 Å². The Kier molecular flexibility index (Phi) is 8.44. The van der Waals surface area contributed by atoms with E-state index in [1.807, 2.05) is 12.1 Å². The molecule has 0 aliphatic carbocycles. The molecule has 0 saturated carbocycles. The van der Waals surface area contributed by atoms with Gasteiger partial charge in [0.25, 0.3) is 0 Å². The number of aromatic nitrogens is 1. The summed E-state index contributed by atoms with van der Waals surface area (Å²) in [4.78, 5) is 7.22. The van der Waals surface area contributed by atoms with Crippen LogP contribution >= 0.6 is 24.8 Å². The van der Waals surface area contributed by atoms with E-state index in [4.69, 9.17) is 4.98 Å². The number of benzene rings is 1. The molecule has 2 aromatic rings. The number of likely N-dealkylation sites (tertiary alicyclic amines) is 1. The molecule has 0 bridgehead atoms. The Morgan fingerprint density at radius 3 is 2.71 bits per heavy atom. The standard InChI is InChI=1S/C19H26N2O.2ClH/c1-3-7-15-12-11-14-8-5-9-16(18(14)20-15)19(22)17-10-6-13-21(17)4-2;;/h5,8-9,11-12,17,19,22H,3-4,6-7,10,13H2,1-2H3;2*1H. The molecule has 24 heavy (non-hydrogen) atoms. The Bertz CT molecular complexity index is 650. The van der Waals surface area contributed by atoms with Gasteiger partial charge in [0.2, 0.25) is 0 Å². The van der Waals surface area contributed by atoms with E-state index in [1.165, 1.54) is 6.42 Å². The highest BCUT2D eigenvalue weighted by Gasteiger charge is 2.31. The molecule has 2 heterocycles. The molecule has 134 valence electrons. The fourth-order valence-electron chi connectivity index (χ4n) is 3.65. The average Bonchev–Trinajstić information content (AvgIpc) is 3.02. The lowest BCUT2D eigenvalue weighted by Gasteiger charge is -2.28. The molecular formula is C19H28Cl2N2O. The molecule has 1 saturated heterocycles. The molecule has 3 nitrogen and oxygen atoms in total. The van der Waals surface area contributed by atoms with E-state index in [1.54, 1.807) is 0 Å². The molecule has 1 fully saturated rings. The Morgan fingerprint density at radius 1 is 1.21 bits per heavy atom. The Hall–Kier alpha value is -0.870. The zero-order valence-corrected chi connectivity index (χ0v) is 16.1. The number of aryl methyl sites for hydroxylation is 1. The number of fused-ring (bicyclic) bond motifs is 1. The van der Waals surface area contributed by atoms with Gasteiger partial charge in [-0.25, -0.2) is 0 Å². The first-order chi connectivity index (χ1) is 10.7. The lowest BCUT2D eigenvalue weighted by atomic mass is 9.97. The van der Waals surface area contributed by atoms with Crippen molar-refractivity contribution in [3.63, 3.8) is 0 Å². The molecule has 1 aromatic carbocycles. The number of rotatable bonds is 5. The van der Waals surface area contributed by atoms with Crippen LogP contribution in [-0.4, -0.2) is 34.1 Å². The van der Waals surface area contributed by atoms with Crippen molar-refractivity contribution in [3.8, 4) is 0 Å². The second-order valence-electron chi connectivity index (χ2n) is 6.25. The number of halogens is 2. The molecule has 0 amide bonds. The van der Waals surface area contributed by atoms with Gasteiger partial charge in [-0.3, -0.25) is 9.88 Å². The Morgan fingerprint density at radius 2 is 2.00 bits per heavy atom. The third-order valence-corrected chi connectivity index (χ3v) is 4.82. The first kappa shape index (κ1) is 21.2. The lowest BCUT2D eigenvalue weighted by molar-refractivity contribution is 0.0764. The summed E-state index contributed by atoms with van der Waals surface area (Å²) in [6.45, 7) is 6.44. The maximum absolute atomic E-state index is 11.0. The predicted octanol–water partition coefficient (Wildman–Crippen LogP) is 4.55. The van der Waals surface area contributed by atoms with E-state index in [-0.39, 0.29) is 30.9 Å². The van der Waals surface area contributed by atoms with Gasteiger partial charge in [0, 0.05) is 22.7 Å². The topological polar surface area (TPSA) is 36.4 Å². The van der Waals surface area contributed by atoms with Crippen molar-refractivity contribution in [2.45, 2.75) is 51.7 Å². The fraction of sp³-hybridized carbons (Fsp3) is 0.526. The van der Waals surface area contributed by atoms with Crippen LogP contribution in [0.4, 0.5) is 0 Å². The number of hydrogen-bond acceptors (Lipinski definition) is 3. The summed E-state index contributed by atoms with van der Waals surface area (Å²) >= 11 is 0. The van der Waals surface area contributed by atoms with Crippen molar-refractivity contribution in [3.05, 3.63) is 41.6 Å². The van der Waals surface area contributed by atoms with Gasteiger partial charge in [-0.05, 0) is 38.4 Å². The molecule has 1 aliphatic rings. The molecule has 1 N–H and O–H groups in total. The highest BCUT2D eigenvalue weighted by atomic mass is 35.5. The van der Waals surface area contributed by atoms with Crippen LogP contribution in [0, 0.1) is 0 Å². The molecule has 1 aromatic heterocycles. The van der Waals surface area contributed by atoms with Gasteiger partial charge in [-0.1, -0.05) is 44.5 Å². The zero-order valence-electron chi connectivity index (χ0n) is 14.4. The van der Waals surface area contributed by atoms with Gasteiger partial charge in [0.1, 0.15) is 0 Å². The summed E-state index contributed by atoms with van der Waals surface area (Å²) in [6.07, 6.45) is 3.88. The first-order valence-corrected chi connectivity index (χ1v) is 8.55. The zero-order chi connectivity index (χ0) is 15.5. The van der Waals surface area contributed by atoms with Crippen LogP contribution in [0.3, 0.4) is 0 Å². The van der Waals surface area contributed by atoms with Crippen molar-refractivity contribution in [1.82, 2.24) is 9.88 Å². The van der Waals surface area contributed by atoms with Gasteiger partial charge >= 0.3 is 0 Å². The maximum Gasteiger partial charge on any atom is 0.0966 e. The van der Waals surface area contributed by atoms with E-state index < -0.39 is 6.10 Å². The number of aliphatic hydroxyl groups excluding tert-OH is 1. The summed E-state index contributed by atoms with van der Waals surface area (Å²) in [7, 11) is 0. The van der Waals surface area contributed by atoms with Crippen molar-refractivity contribution >= 4 is 35.7 Å². The minimum absolute atomic E-state index is 0. The fourth-order valence-corrected chi connectivity index (χ4v) is 3.65. The molecule has 1 aliphatic heterocycles. The van der Waals surface area contributed by atoms with Crippen molar-refractivity contribution < 1.29 is 5.11 Å². The largest absolute Gasteiger partial charge is 0.387 e. The smallest absolute Gasteiger partial charge is 0.0966 e. The maximum atomic E-state index is 11.0. The number of aliphatic hydroxyl groups is 1. The molecular weight excluding hydrogens is 343 g/mol. The Labute approximate surface area is 157 Å². The normalized spacial score (nSPS) is 18.9. The molecule has 0 radical (unpaired) electrons. The van der Waals surface area contributed by atoms with Gasteiger partial charge in [0.15, 0.2) is 0 Å². The summed E-state index contributed by atoms with van der Waals surface area (Å²) < 4.78 is 0. The van der Waals surface area contributed by atoms with Crippen LogP contribution in [0.2, 0.25) is 0 Å². The molecule has 3 rings (SSSR count). The first-order valence-electron chi connectivity index (χ1n) is 8.55. The van der Waals surface area contributed by atoms with Gasteiger partial charge in [0.05, 0.1) is 11.6 Å². The second kappa shape index (κ2) is 9.57. The predicted molar refractivity (Wildman–Crippen MR) is 105 cm³/mol. The summed E-state index contributed by atoms with van der Waals surface area (Å²) in [5.41, 5.74) is 3.08. The van der Waals surface area contributed by atoms with Crippen LogP contribution in [0.25, 0.3) is 10.9 Å². The van der Waals surface area contributed by atoms with E-state index in [0.717, 1.165) is 54.5 Å². The van der Waals surface area contributed by atoms with E-state index >= 15 is 0 Å². The van der Waals surface area contributed by atoms with Crippen LogP contribution in [0.5, 0.6) is 0 Å². The highest BCUT2D eigenvalue weighted by molar-refractivity contribution is 5.85. The van der Waals surface area contributed by atoms with Gasteiger partial charge in [-0.2, -0.15) is 0 Å². The number of pyridine rings is 1. The SMILES string of the molecule is CCCc1ccc2cccc(C(O)C3CCCN3CC)c2n1.Cl.Cl. The van der Waals surface area contributed by atoms with Crippen molar-refractivity contribution in [2.24, 2.45) is 0 Å². The second-order valence-corrected chi connectivity index (χ2v) is 6.25. The Balaban J connectivity index is 0.00000144. The summed E-state index contributed by atoms with van der Waals surface area (Å²) in [5.74, 6) is 0. The minimum Gasteiger partial charge on any atom is -0.387 e. The quantitative estimate of drug-likeness (QED) is 0.838. The third kappa shape index (κ3) is 4.20. The van der Waals surface area contributed by atoms with Gasteiger partial charge in [-0.15, -0.1) is 24.8 Å². The monoisotopic (exact) mass is 370 g/mol. The average molecular weight is 371 g/mol. The van der Waals surface area contributed by atoms with Crippen LogP contribution in [0.1, 0.15) is 50.5 Å². The summed E-state index contributed by atoms with van der Waals surface area (Å²) in [6, 6.07) is 10.6. The van der Waals surface area contributed by atoms with Crippen molar-refractivity contribution in [1.29, 1.82) is 0 Å². The third-order valence-electron chi connectivity index (χ3n) is 4.82. The summed E-state index contributed by atoms with van der Waals surface area (Å²) in [5, 5.41) is 12.1. The number of likely N-dealkylation sites (N-methyl/N-ethyl adjacent to an activating group) is 1. The number of nitrogens with zero attached hydrogens (tertiary/aromatic N) is 2. The molecule has 5 heteroatoms. The molecule has 0 spiro atoms. The lowest BCUT2D eigenvalue weighted by Crippen LogP contribution is -2.34. The highest BCUT2D eigenvalue weighted by Crippen LogP contribution is 2.32. The van der Waals surface area contributed by atoms with Crippen molar-refractivity contribution in [2.75, 3.05) is 13.1 Å². The van der Waals surface area contributed by atoms with Crippen LogP contribution in [-0.2, 0) is 6.42 Å². The van der Waals surface area contributed by atoms with Crippen LogP contribution in [0.15, 0.2) is 30.3 Å². The van der Waals surface area contributed by atoms with Gasteiger partial charge < -0.3 is 5.11 Å². The minimum atomic E-state index is -0.449. The number of para-hydroxylation sites is 1. The molecule has 2 unspecified atom stereocenters. The number of hydrogen-bond donors (Lipinski definition) is 1.